The molecule has 0 saturated carbocycles. The normalized spacial score (nSPS) is 10.2. The van der Waals surface area contributed by atoms with Gasteiger partial charge in [0.1, 0.15) is 0 Å². The van der Waals surface area contributed by atoms with E-state index in [1.165, 1.54) is 6.42 Å². The molecule has 0 spiro atoms. The molecule has 0 aromatic carbocycles. The van der Waals surface area contributed by atoms with Gasteiger partial charge in [0, 0.05) is 0 Å². The van der Waals surface area contributed by atoms with Gasteiger partial charge in [-0.3, -0.25) is 0 Å². The van der Waals surface area contributed by atoms with E-state index in [0.29, 0.717) is 0 Å². The molecule has 0 saturated heterocycles. The molecule has 1 heteroatoms. The Hall–Kier alpha value is -0.0400. The molecule has 0 fully saturated rings. The molecule has 0 amide bonds. The van der Waals surface area contributed by atoms with Crippen LogP contribution >= 0.6 is 0 Å². The second-order valence-electron chi connectivity index (χ2n) is 2.91. The molecule has 0 aliphatic rings. The van der Waals surface area contributed by atoms with Gasteiger partial charge in [-0.1, -0.05) is 34.1 Å². The van der Waals surface area contributed by atoms with Crippen LogP contribution in [-0.4, -0.2) is 10.7 Å². The van der Waals surface area contributed by atoms with Gasteiger partial charge >= 0.3 is 0 Å². The van der Waals surface area contributed by atoms with Crippen molar-refractivity contribution in [2.24, 2.45) is 0 Å². The molecule has 0 aliphatic carbocycles. The first kappa shape index (κ1) is 12.6. The van der Waals surface area contributed by atoms with Gasteiger partial charge in [-0.25, -0.2) is 0 Å². The summed E-state index contributed by atoms with van der Waals surface area (Å²) >= 11 is 0. The lowest BCUT2D eigenvalue weighted by Gasteiger charge is -2.17. The summed E-state index contributed by atoms with van der Waals surface area (Å²) < 4.78 is 0. The topological polar surface area (TPSA) is 20.2 Å². The summed E-state index contributed by atoms with van der Waals surface area (Å²) in [6.07, 6.45) is 2.95. The molecule has 0 bridgehead atoms. The van der Waals surface area contributed by atoms with Crippen LogP contribution < -0.4 is 0 Å². The molecule has 1 N–H and O–H groups in total. The zero-order valence-corrected chi connectivity index (χ0v) is 8.07. The Balaban J connectivity index is 0. The van der Waals surface area contributed by atoms with Crippen molar-refractivity contribution in [2.75, 3.05) is 0 Å². The molecule has 0 aliphatic heterocycles. The molecule has 0 radical (unpaired) electrons. The lowest BCUT2D eigenvalue weighted by molar-refractivity contribution is 0.0521. The summed E-state index contributed by atoms with van der Waals surface area (Å²) in [6.45, 7) is 10.1. The third kappa shape index (κ3) is 10.9. The largest absolute Gasteiger partial charge is 0.390 e. The van der Waals surface area contributed by atoms with Crippen LogP contribution in [-0.2, 0) is 0 Å². The smallest absolute Gasteiger partial charge is 0.0614 e. The standard InChI is InChI=1S/C6H14O.C3H8/c1-4-6(3,7)5-2;1-3-2/h7H,4-5H2,1-3H3;3H2,1-2H3. The zero-order valence-electron chi connectivity index (χ0n) is 8.07. The van der Waals surface area contributed by atoms with Crippen LogP contribution in [0.2, 0.25) is 0 Å². The summed E-state index contributed by atoms with van der Waals surface area (Å²) in [5.41, 5.74) is -0.417. The van der Waals surface area contributed by atoms with Gasteiger partial charge in [0.25, 0.3) is 0 Å². The van der Waals surface area contributed by atoms with Crippen molar-refractivity contribution in [3.8, 4) is 0 Å². The van der Waals surface area contributed by atoms with Crippen molar-refractivity contribution in [3.05, 3.63) is 0 Å². The summed E-state index contributed by atoms with van der Waals surface area (Å²) in [5, 5.41) is 9.13. The van der Waals surface area contributed by atoms with E-state index in [0.717, 1.165) is 12.8 Å². The van der Waals surface area contributed by atoms with Crippen LogP contribution in [0.15, 0.2) is 0 Å². The predicted molar refractivity (Wildman–Crippen MR) is 47.2 cm³/mol. The number of hydrogen-bond acceptors (Lipinski definition) is 1. The first-order valence-corrected chi connectivity index (χ1v) is 4.26. The van der Waals surface area contributed by atoms with E-state index in [4.69, 9.17) is 5.11 Å². The minimum atomic E-state index is -0.417. The third-order valence-corrected chi connectivity index (χ3v) is 1.52. The van der Waals surface area contributed by atoms with Crippen molar-refractivity contribution in [1.29, 1.82) is 0 Å². The van der Waals surface area contributed by atoms with E-state index in [1.807, 2.05) is 20.8 Å². The predicted octanol–water partition coefficient (Wildman–Crippen LogP) is 2.97. The fraction of sp³-hybridized carbons (Fsp3) is 1.00. The Morgan fingerprint density at radius 3 is 1.20 bits per heavy atom. The highest BCUT2D eigenvalue weighted by Crippen LogP contribution is 2.11. The van der Waals surface area contributed by atoms with Crippen molar-refractivity contribution in [3.63, 3.8) is 0 Å². The average molecular weight is 146 g/mol. The monoisotopic (exact) mass is 146 g/mol. The third-order valence-electron chi connectivity index (χ3n) is 1.52. The maximum absolute atomic E-state index is 9.13. The second-order valence-corrected chi connectivity index (χ2v) is 2.91. The van der Waals surface area contributed by atoms with Crippen molar-refractivity contribution in [1.82, 2.24) is 0 Å². The molecular formula is C9H22O. The maximum Gasteiger partial charge on any atom is 0.0614 e. The van der Waals surface area contributed by atoms with Crippen LogP contribution in [0.4, 0.5) is 0 Å². The minimum Gasteiger partial charge on any atom is -0.390 e. The highest BCUT2D eigenvalue weighted by atomic mass is 16.3. The van der Waals surface area contributed by atoms with E-state index in [1.54, 1.807) is 0 Å². The molecule has 0 atom stereocenters. The van der Waals surface area contributed by atoms with Crippen molar-refractivity contribution in [2.45, 2.75) is 59.5 Å². The molecule has 0 aromatic heterocycles. The molecule has 1 nitrogen and oxygen atoms in total. The van der Waals surface area contributed by atoms with Crippen molar-refractivity contribution < 1.29 is 5.11 Å². The summed E-state index contributed by atoms with van der Waals surface area (Å²) in [4.78, 5) is 0. The van der Waals surface area contributed by atoms with E-state index in [9.17, 15) is 0 Å². The average Bonchev–Trinajstić information content (AvgIpc) is 1.90. The fourth-order valence-corrected chi connectivity index (χ4v) is 0.250. The zero-order chi connectivity index (χ0) is 8.62. The van der Waals surface area contributed by atoms with Gasteiger partial charge in [0.15, 0.2) is 0 Å². The fourth-order valence-electron chi connectivity index (χ4n) is 0.250. The quantitative estimate of drug-likeness (QED) is 0.635. The van der Waals surface area contributed by atoms with Crippen molar-refractivity contribution >= 4 is 0 Å². The van der Waals surface area contributed by atoms with E-state index >= 15 is 0 Å². The van der Waals surface area contributed by atoms with Crippen LogP contribution in [0.1, 0.15) is 53.9 Å². The number of rotatable bonds is 2. The van der Waals surface area contributed by atoms with Gasteiger partial charge in [0.2, 0.25) is 0 Å². The Morgan fingerprint density at radius 1 is 1.00 bits per heavy atom. The first-order chi connectivity index (χ1) is 4.54. The van der Waals surface area contributed by atoms with Crippen LogP contribution in [0.25, 0.3) is 0 Å². The second kappa shape index (κ2) is 7.07. The lowest BCUT2D eigenvalue weighted by Crippen LogP contribution is -2.20. The molecule has 0 unspecified atom stereocenters. The van der Waals surface area contributed by atoms with E-state index in [2.05, 4.69) is 13.8 Å². The Morgan fingerprint density at radius 2 is 1.20 bits per heavy atom. The van der Waals surface area contributed by atoms with Gasteiger partial charge in [-0.2, -0.15) is 0 Å². The highest BCUT2D eigenvalue weighted by Gasteiger charge is 2.12. The molecular weight excluding hydrogens is 124 g/mol. The van der Waals surface area contributed by atoms with E-state index in [-0.39, 0.29) is 0 Å². The molecule has 10 heavy (non-hydrogen) atoms. The summed E-state index contributed by atoms with van der Waals surface area (Å²) in [7, 11) is 0. The number of aliphatic hydroxyl groups is 1. The maximum atomic E-state index is 9.13. The van der Waals surface area contributed by atoms with Gasteiger partial charge in [0.05, 0.1) is 5.60 Å². The van der Waals surface area contributed by atoms with Crippen LogP contribution in [0.5, 0.6) is 0 Å². The Labute approximate surface area is 65.5 Å². The minimum absolute atomic E-state index is 0.417. The Bertz CT molecular complexity index is 51.7. The molecule has 0 heterocycles. The Kier molecular flexibility index (Phi) is 8.92. The van der Waals surface area contributed by atoms with E-state index < -0.39 is 5.60 Å². The molecule has 64 valence electrons. The summed E-state index contributed by atoms with van der Waals surface area (Å²) in [6, 6.07) is 0. The highest BCUT2D eigenvalue weighted by molar-refractivity contribution is 4.65. The van der Waals surface area contributed by atoms with Crippen LogP contribution in [0.3, 0.4) is 0 Å². The van der Waals surface area contributed by atoms with Gasteiger partial charge < -0.3 is 5.11 Å². The van der Waals surface area contributed by atoms with Gasteiger partial charge in [-0.05, 0) is 19.8 Å². The number of hydrogen-bond donors (Lipinski definition) is 1. The molecule has 0 rings (SSSR count). The van der Waals surface area contributed by atoms with Crippen LogP contribution in [0, 0.1) is 0 Å². The lowest BCUT2D eigenvalue weighted by atomic mass is 10.0. The SMILES string of the molecule is CCC.CCC(C)(O)CC. The molecule has 0 aromatic rings. The first-order valence-electron chi connectivity index (χ1n) is 4.26. The van der Waals surface area contributed by atoms with Gasteiger partial charge in [-0.15, -0.1) is 0 Å². The summed E-state index contributed by atoms with van der Waals surface area (Å²) in [5.74, 6) is 0.